The standard InChI is InChI=1S/C10H11BrN2O2S/c1-2-3-6-13-16(14,15)10-5-4-8(11)7-9(10)12/h1,4-5,7,13H,3,6,12H2. The molecule has 6 heteroatoms. The van der Waals surface area contributed by atoms with Crippen LogP contribution >= 0.6 is 15.9 Å². The van der Waals surface area contributed by atoms with Crippen molar-refractivity contribution in [2.45, 2.75) is 11.3 Å². The number of sulfonamides is 1. The van der Waals surface area contributed by atoms with E-state index in [1.54, 1.807) is 6.07 Å². The number of nitrogens with one attached hydrogen (secondary N) is 1. The van der Waals surface area contributed by atoms with Crippen molar-refractivity contribution in [1.29, 1.82) is 0 Å². The molecule has 0 aliphatic rings. The highest BCUT2D eigenvalue weighted by Crippen LogP contribution is 2.22. The van der Waals surface area contributed by atoms with E-state index in [0.29, 0.717) is 6.42 Å². The van der Waals surface area contributed by atoms with Crippen molar-refractivity contribution in [2.24, 2.45) is 0 Å². The minimum atomic E-state index is -3.57. The van der Waals surface area contributed by atoms with Gasteiger partial charge >= 0.3 is 0 Å². The summed E-state index contributed by atoms with van der Waals surface area (Å²) < 4.78 is 26.6. The number of nitrogens with two attached hydrogens (primary N) is 1. The SMILES string of the molecule is C#CCCNS(=O)(=O)c1ccc(Br)cc1N. The lowest BCUT2D eigenvalue weighted by Gasteiger charge is -2.08. The van der Waals surface area contributed by atoms with Crippen LogP contribution in [-0.4, -0.2) is 15.0 Å². The average molecular weight is 303 g/mol. The molecule has 0 aliphatic carbocycles. The summed E-state index contributed by atoms with van der Waals surface area (Å²) in [4.78, 5) is 0.0627. The Morgan fingerprint density at radius 1 is 1.50 bits per heavy atom. The van der Waals surface area contributed by atoms with Crippen LogP contribution in [0.4, 0.5) is 5.69 Å². The Labute approximate surface area is 103 Å². The summed E-state index contributed by atoms with van der Waals surface area (Å²) in [6.07, 6.45) is 5.37. The van der Waals surface area contributed by atoms with Gasteiger partial charge in [0.05, 0.1) is 5.69 Å². The number of nitrogen functional groups attached to an aromatic ring is 1. The number of hydrogen-bond donors (Lipinski definition) is 2. The van der Waals surface area contributed by atoms with Gasteiger partial charge in [-0.25, -0.2) is 13.1 Å². The number of rotatable bonds is 4. The van der Waals surface area contributed by atoms with Crippen LogP contribution in [0.5, 0.6) is 0 Å². The molecule has 0 unspecified atom stereocenters. The molecule has 0 heterocycles. The van der Waals surface area contributed by atoms with Crippen LogP contribution < -0.4 is 10.5 Å². The highest BCUT2D eigenvalue weighted by Gasteiger charge is 2.16. The lowest BCUT2D eigenvalue weighted by Crippen LogP contribution is -2.25. The topological polar surface area (TPSA) is 72.2 Å². The molecule has 0 spiro atoms. The summed E-state index contributed by atoms with van der Waals surface area (Å²) in [5.41, 5.74) is 5.82. The molecule has 0 radical (unpaired) electrons. The lowest BCUT2D eigenvalue weighted by molar-refractivity contribution is 0.583. The van der Waals surface area contributed by atoms with Gasteiger partial charge in [-0.05, 0) is 18.2 Å². The fraction of sp³-hybridized carbons (Fsp3) is 0.200. The first kappa shape index (κ1) is 13.0. The molecular weight excluding hydrogens is 292 g/mol. The number of hydrogen-bond acceptors (Lipinski definition) is 3. The van der Waals surface area contributed by atoms with Gasteiger partial charge in [-0.1, -0.05) is 15.9 Å². The molecule has 0 saturated carbocycles. The third-order valence-electron chi connectivity index (χ3n) is 1.82. The van der Waals surface area contributed by atoms with Crippen LogP contribution in [-0.2, 0) is 10.0 Å². The van der Waals surface area contributed by atoms with Gasteiger partial charge in [-0.15, -0.1) is 12.3 Å². The van der Waals surface area contributed by atoms with Gasteiger partial charge in [-0.2, -0.15) is 0 Å². The quantitative estimate of drug-likeness (QED) is 0.501. The predicted octanol–water partition coefficient (Wildman–Crippen LogP) is 1.33. The van der Waals surface area contributed by atoms with Crippen molar-refractivity contribution in [3.8, 4) is 12.3 Å². The molecule has 0 fully saturated rings. The second kappa shape index (κ2) is 5.34. The lowest BCUT2D eigenvalue weighted by atomic mass is 10.3. The van der Waals surface area contributed by atoms with E-state index in [4.69, 9.17) is 12.2 Å². The smallest absolute Gasteiger partial charge is 0.242 e. The largest absolute Gasteiger partial charge is 0.398 e. The first-order valence-corrected chi connectivity index (χ1v) is 6.73. The molecule has 1 rings (SSSR count). The maximum Gasteiger partial charge on any atom is 0.242 e. The number of anilines is 1. The van der Waals surface area contributed by atoms with E-state index < -0.39 is 10.0 Å². The van der Waals surface area contributed by atoms with E-state index in [0.717, 1.165) is 4.47 Å². The summed E-state index contributed by atoms with van der Waals surface area (Å²) in [6.45, 7) is 0.203. The van der Waals surface area contributed by atoms with Crippen LogP contribution in [0.2, 0.25) is 0 Å². The zero-order valence-corrected chi connectivity index (χ0v) is 10.8. The molecule has 0 atom stereocenters. The molecule has 16 heavy (non-hydrogen) atoms. The monoisotopic (exact) mass is 302 g/mol. The average Bonchev–Trinajstić information content (AvgIpc) is 2.17. The second-order valence-corrected chi connectivity index (χ2v) is 5.69. The van der Waals surface area contributed by atoms with Crippen LogP contribution in [0, 0.1) is 12.3 Å². The molecule has 1 aromatic carbocycles. The van der Waals surface area contributed by atoms with Crippen molar-refractivity contribution in [2.75, 3.05) is 12.3 Å². The summed E-state index contributed by atoms with van der Waals surface area (Å²) in [7, 11) is -3.57. The maximum absolute atomic E-state index is 11.8. The van der Waals surface area contributed by atoms with Crippen LogP contribution in [0.3, 0.4) is 0 Å². The van der Waals surface area contributed by atoms with E-state index >= 15 is 0 Å². The molecule has 4 nitrogen and oxygen atoms in total. The molecule has 0 bridgehead atoms. The number of benzene rings is 1. The molecule has 1 aromatic rings. The minimum Gasteiger partial charge on any atom is -0.398 e. The Morgan fingerprint density at radius 2 is 2.19 bits per heavy atom. The van der Waals surface area contributed by atoms with Gasteiger partial charge in [0, 0.05) is 17.4 Å². The first-order valence-electron chi connectivity index (χ1n) is 4.45. The fourth-order valence-electron chi connectivity index (χ4n) is 1.10. The van der Waals surface area contributed by atoms with Gasteiger partial charge < -0.3 is 5.73 Å². The van der Waals surface area contributed by atoms with Gasteiger partial charge in [0.1, 0.15) is 4.90 Å². The Balaban J connectivity index is 2.95. The molecule has 3 N–H and O–H groups in total. The second-order valence-electron chi connectivity index (χ2n) is 3.03. The highest BCUT2D eigenvalue weighted by atomic mass is 79.9. The minimum absolute atomic E-state index is 0.0627. The molecule has 0 amide bonds. The van der Waals surface area contributed by atoms with E-state index in [-0.39, 0.29) is 17.1 Å². The highest BCUT2D eigenvalue weighted by molar-refractivity contribution is 9.10. The molecule has 0 saturated heterocycles. The number of halogens is 1. The maximum atomic E-state index is 11.8. The van der Waals surface area contributed by atoms with Crippen LogP contribution in [0.25, 0.3) is 0 Å². The van der Waals surface area contributed by atoms with E-state index in [9.17, 15) is 8.42 Å². The summed E-state index contributed by atoms with van der Waals surface area (Å²) in [5, 5.41) is 0. The van der Waals surface area contributed by atoms with Gasteiger partial charge in [0.15, 0.2) is 0 Å². The van der Waals surface area contributed by atoms with Crippen molar-refractivity contribution in [1.82, 2.24) is 4.72 Å². The Bertz CT molecular complexity index is 520. The Hall–Kier alpha value is -1.03. The van der Waals surface area contributed by atoms with Gasteiger partial charge in [0.25, 0.3) is 0 Å². The Morgan fingerprint density at radius 3 is 2.75 bits per heavy atom. The molecule has 0 aliphatic heterocycles. The van der Waals surface area contributed by atoms with Crippen LogP contribution in [0.1, 0.15) is 6.42 Å². The molecule has 86 valence electrons. The summed E-state index contributed by atoms with van der Waals surface area (Å²) >= 11 is 3.21. The van der Waals surface area contributed by atoms with Gasteiger partial charge in [-0.3, -0.25) is 0 Å². The van der Waals surface area contributed by atoms with Crippen molar-refractivity contribution < 1.29 is 8.42 Å². The first-order chi connectivity index (χ1) is 7.47. The van der Waals surface area contributed by atoms with E-state index in [1.807, 2.05) is 0 Å². The Kier molecular flexibility index (Phi) is 4.35. The normalized spacial score (nSPS) is 11.0. The third kappa shape index (κ3) is 3.23. The van der Waals surface area contributed by atoms with Crippen molar-refractivity contribution in [3.05, 3.63) is 22.7 Å². The third-order valence-corrected chi connectivity index (χ3v) is 3.85. The zero-order valence-electron chi connectivity index (χ0n) is 8.40. The van der Waals surface area contributed by atoms with Gasteiger partial charge in [0.2, 0.25) is 10.0 Å². The van der Waals surface area contributed by atoms with Crippen molar-refractivity contribution in [3.63, 3.8) is 0 Å². The molecular formula is C10H11BrN2O2S. The van der Waals surface area contributed by atoms with Crippen molar-refractivity contribution >= 4 is 31.6 Å². The fourth-order valence-corrected chi connectivity index (χ4v) is 2.62. The van der Waals surface area contributed by atoms with Crippen LogP contribution in [0.15, 0.2) is 27.6 Å². The summed E-state index contributed by atoms with van der Waals surface area (Å²) in [5.74, 6) is 2.35. The zero-order chi connectivity index (χ0) is 12.2. The van der Waals surface area contributed by atoms with E-state index in [1.165, 1.54) is 12.1 Å². The molecule has 0 aromatic heterocycles. The number of terminal acetylenes is 1. The predicted molar refractivity (Wildman–Crippen MR) is 67.2 cm³/mol. The van der Waals surface area contributed by atoms with E-state index in [2.05, 4.69) is 26.6 Å². The summed E-state index contributed by atoms with van der Waals surface area (Å²) in [6, 6.07) is 4.60.